The molecule has 3 aromatic rings. The SMILES string of the molecule is CCN1CNN=C1c1ccc2ncn(Cc3ccccc3)c2c1. The van der Waals surface area contributed by atoms with Gasteiger partial charge in [-0.3, -0.25) is 5.43 Å². The maximum absolute atomic E-state index is 4.52. The molecule has 5 heteroatoms. The molecule has 5 nitrogen and oxygen atoms in total. The van der Waals surface area contributed by atoms with Crippen molar-refractivity contribution in [1.82, 2.24) is 19.9 Å². The molecule has 116 valence electrons. The zero-order valence-corrected chi connectivity index (χ0v) is 13.1. The highest BCUT2D eigenvalue weighted by atomic mass is 15.5. The second-order valence-electron chi connectivity index (χ2n) is 5.67. The van der Waals surface area contributed by atoms with E-state index in [-0.39, 0.29) is 0 Å². The van der Waals surface area contributed by atoms with Crippen molar-refractivity contribution in [2.24, 2.45) is 5.10 Å². The van der Waals surface area contributed by atoms with E-state index < -0.39 is 0 Å². The molecule has 0 unspecified atom stereocenters. The van der Waals surface area contributed by atoms with Crippen LogP contribution in [0.15, 0.2) is 60.0 Å². The Balaban J connectivity index is 1.72. The van der Waals surface area contributed by atoms with Gasteiger partial charge < -0.3 is 9.47 Å². The Morgan fingerprint density at radius 1 is 1.13 bits per heavy atom. The quantitative estimate of drug-likeness (QED) is 0.806. The van der Waals surface area contributed by atoms with Crippen LogP contribution in [0.1, 0.15) is 18.1 Å². The lowest BCUT2D eigenvalue weighted by Gasteiger charge is -2.16. The lowest BCUT2D eigenvalue weighted by atomic mass is 10.1. The van der Waals surface area contributed by atoms with E-state index in [2.05, 4.69) is 74.4 Å². The molecule has 0 fully saturated rings. The van der Waals surface area contributed by atoms with Crippen LogP contribution in [0.3, 0.4) is 0 Å². The van der Waals surface area contributed by atoms with Crippen LogP contribution in [0.2, 0.25) is 0 Å². The van der Waals surface area contributed by atoms with E-state index in [0.717, 1.165) is 42.2 Å². The van der Waals surface area contributed by atoms with E-state index >= 15 is 0 Å². The monoisotopic (exact) mass is 305 g/mol. The number of amidine groups is 1. The molecule has 0 saturated heterocycles. The average molecular weight is 305 g/mol. The molecule has 1 N–H and O–H groups in total. The minimum Gasteiger partial charge on any atom is -0.336 e. The van der Waals surface area contributed by atoms with Gasteiger partial charge in [0.15, 0.2) is 5.84 Å². The summed E-state index contributed by atoms with van der Waals surface area (Å²) in [6, 6.07) is 16.8. The van der Waals surface area contributed by atoms with Crippen LogP contribution >= 0.6 is 0 Å². The van der Waals surface area contributed by atoms with Crippen molar-refractivity contribution in [2.75, 3.05) is 13.2 Å². The predicted octanol–water partition coefficient (Wildman–Crippen LogP) is 2.63. The van der Waals surface area contributed by atoms with Crippen molar-refractivity contribution in [2.45, 2.75) is 13.5 Å². The lowest BCUT2D eigenvalue weighted by Crippen LogP contribution is -2.29. The highest BCUT2D eigenvalue weighted by molar-refractivity contribution is 6.01. The fourth-order valence-electron chi connectivity index (χ4n) is 2.95. The first-order chi connectivity index (χ1) is 11.3. The number of fused-ring (bicyclic) bond motifs is 1. The van der Waals surface area contributed by atoms with Gasteiger partial charge in [0.05, 0.1) is 17.4 Å². The maximum Gasteiger partial charge on any atom is 0.157 e. The van der Waals surface area contributed by atoms with Gasteiger partial charge in [-0.2, -0.15) is 5.10 Å². The summed E-state index contributed by atoms with van der Waals surface area (Å²) in [5.41, 5.74) is 7.60. The fourth-order valence-corrected chi connectivity index (χ4v) is 2.95. The van der Waals surface area contributed by atoms with Gasteiger partial charge in [0, 0.05) is 18.7 Å². The number of rotatable bonds is 4. The third kappa shape index (κ3) is 2.54. The van der Waals surface area contributed by atoms with E-state index in [1.807, 2.05) is 12.4 Å². The highest BCUT2D eigenvalue weighted by Gasteiger charge is 2.17. The Morgan fingerprint density at radius 3 is 2.83 bits per heavy atom. The fraction of sp³-hybridized carbons (Fsp3) is 0.222. The van der Waals surface area contributed by atoms with E-state index in [1.54, 1.807) is 0 Å². The third-order valence-electron chi connectivity index (χ3n) is 4.20. The summed E-state index contributed by atoms with van der Waals surface area (Å²) in [6.07, 6.45) is 1.91. The average Bonchev–Trinajstić information content (AvgIpc) is 3.22. The van der Waals surface area contributed by atoms with E-state index in [4.69, 9.17) is 0 Å². The molecule has 1 aromatic heterocycles. The molecule has 23 heavy (non-hydrogen) atoms. The Labute approximate surface area is 135 Å². The first kappa shape index (κ1) is 13.8. The summed E-state index contributed by atoms with van der Waals surface area (Å²) in [5, 5.41) is 4.43. The minimum absolute atomic E-state index is 0.771. The number of hydrazone groups is 1. The zero-order valence-electron chi connectivity index (χ0n) is 13.1. The van der Waals surface area contributed by atoms with Crippen molar-refractivity contribution in [3.8, 4) is 0 Å². The maximum atomic E-state index is 4.52. The minimum atomic E-state index is 0.771. The topological polar surface area (TPSA) is 45.4 Å². The normalized spacial score (nSPS) is 14.1. The zero-order chi connectivity index (χ0) is 15.6. The first-order valence-corrected chi connectivity index (χ1v) is 7.90. The highest BCUT2D eigenvalue weighted by Crippen LogP contribution is 2.19. The number of aromatic nitrogens is 2. The van der Waals surface area contributed by atoms with Crippen LogP contribution in [0.25, 0.3) is 11.0 Å². The lowest BCUT2D eigenvalue weighted by molar-refractivity contribution is 0.447. The molecule has 0 bridgehead atoms. The smallest absolute Gasteiger partial charge is 0.157 e. The van der Waals surface area contributed by atoms with Crippen molar-refractivity contribution in [1.29, 1.82) is 0 Å². The number of hydrogen-bond acceptors (Lipinski definition) is 4. The number of nitrogens with one attached hydrogen (secondary N) is 1. The summed E-state index contributed by atoms with van der Waals surface area (Å²) in [5.74, 6) is 1.00. The molecule has 1 aliphatic heterocycles. The van der Waals surface area contributed by atoms with Crippen LogP contribution < -0.4 is 5.43 Å². The summed E-state index contributed by atoms with van der Waals surface area (Å²) < 4.78 is 2.19. The number of imidazole rings is 1. The molecule has 0 spiro atoms. The van der Waals surface area contributed by atoms with E-state index in [0.29, 0.717) is 0 Å². The summed E-state index contributed by atoms with van der Waals surface area (Å²) in [7, 11) is 0. The molecular weight excluding hydrogens is 286 g/mol. The van der Waals surface area contributed by atoms with Gasteiger partial charge in [0.25, 0.3) is 0 Å². The molecule has 0 radical (unpaired) electrons. The number of nitrogens with zero attached hydrogens (tertiary/aromatic N) is 4. The number of benzene rings is 2. The second-order valence-corrected chi connectivity index (χ2v) is 5.67. The second kappa shape index (κ2) is 5.76. The van der Waals surface area contributed by atoms with E-state index in [9.17, 15) is 0 Å². The van der Waals surface area contributed by atoms with Gasteiger partial charge in [-0.1, -0.05) is 30.3 Å². The van der Waals surface area contributed by atoms with Crippen LogP contribution in [0, 0.1) is 0 Å². The van der Waals surface area contributed by atoms with Crippen LogP contribution in [0.5, 0.6) is 0 Å². The standard InChI is InChI=1S/C18H19N5/c1-2-22-13-20-21-18(22)15-8-9-16-17(10-15)23(12-19-16)11-14-6-4-3-5-7-14/h3-10,12,20H,2,11,13H2,1H3. The molecular formula is C18H19N5. The van der Waals surface area contributed by atoms with Gasteiger partial charge >= 0.3 is 0 Å². The summed E-state index contributed by atoms with van der Waals surface area (Å²) in [4.78, 5) is 6.74. The van der Waals surface area contributed by atoms with Gasteiger partial charge in [-0.15, -0.1) is 0 Å². The third-order valence-corrected chi connectivity index (χ3v) is 4.20. The largest absolute Gasteiger partial charge is 0.336 e. The Morgan fingerprint density at radius 2 is 2.00 bits per heavy atom. The molecule has 0 amide bonds. The van der Waals surface area contributed by atoms with Gasteiger partial charge in [-0.05, 0) is 30.7 Å². The Hall–Kier alpha value is -2.82. The number of hydrogen-bond donors (Lipinski definition) is 1. The van der Waals surface area contributed by atoms with Crippen LogP contribution in [0.4, 0.5) is 0 Å². The molecule has 1 aliphatic rings. The van der Waals surface area contributed by atoms with Crippen molar-refractivity contribution >= 4 is 16.9 Å². The molecule has 2 aromatic carbocycles. The van der Waals surface area contributed by atoms with E-state index in [1.165, 1.54) is 5.56 Å². The molecule has 2 heterocycles. The summed E-state index contributed by atoms with van der Waals surface area (Å²) in [6.45, 7) is 4.67. The van der Waals surface area contributed by atoms with Crippen molar-refractivity contribution in [3.05, 3.63) is 66.0 Å². The van der Waals surface area contributed by atoms with Crippen LogP contribution in [-0.2, 0) is 6.54 Å². The molecule has 0 aliphatic carbocycles. The Bertz CT molecular complexity index is 850. The first-order valence-electron chi connectivity index (χ1n) is 7.90. The van der Waals surface area contributed by atoms with Gasteiger partial charge in [0.1, 0.15) is 6.67 Å². The molecule has 0 atom stereocenters. The van der Waals surface area contributed by atoms with Gasteiger partial charge in [0.2, 0.25) is 0 Å². The summed E-state index contributed by atoms with van der Waals surface area (Å²) >= 11 is 0. The van der Waals surface area contributed by atoms with Crippen LogP contribution in [-0.4, -0.2) is 33.5 Å². The Kier molecular flexibility index (Phi) is 3.46. The van der Waals surface area contributed by atoms with Gasteiger partial charge in [-0.25, -0.2) is 4.98 Å². The van der Waals surface area contributed by atoms with Crippen molar-refractivity contribution < 1.29 is 0 Å². The predicted molar refractivity (Wildman–Crippen MR) is 92.2 cm³/mol. The van der Waals surface area contributed by atoms with Crippen molar-refractivity contribution in [3.63, 3.8) is 0 Å². The molecule has 4 rings (SSSR count). The molecule has 0 saturated carbocycles.